The van der Waals surface area contributed by atoms with E-state index in [1.165, 1.54) is 4.90 Å². The van der Waals surface area contributed by atoms with E-state index in [9.17, 15) is 18.0 Å². The normalized spacial score (nSPS) is 21.4. The van der Waals surface area contributed by atoms with Gasteiger partial charge in [0.15, 0.2) is 0 Å². The van der Waals surface area contributed by atoms with Crippen LogP contribution < -0.4 is 4.72 Å². The number of halogens is 1. The first-order valence-corrected chi connectivity index (χ1v) is 11.7. The Morgan fingerprint density at radius 3 is 2.55 bits per heavy atom. The molecule has 0 spiro atoms. The molecule has 0 aromatic heterocycles. The fraction of sp³-hybridized carbons (Fsp3) is 0.579. The summed E-state index contributed by atoms with van der Waals surface area (Å²) in [6, 6.07) is 5.53. The molecule has 2 heterocycles. The third-order valence-electron chi connectivity index (χ3n) is 5.28. The highest BCUT2D eigenvalue weighted by molar-refractivity contribution is 7.89. The number of morpholine rings is 1. The molecule has 1 aromatic carbocycles. The first-order chi connectivity index (χ1) is 13.8. The summed E-state index contributed by atoms with van der Waals surface area (Å²) in [5.74, 6) is -0.609. The summed E-state index contributed by atoms with van der Waals surface area (Å²) in [4.78, 5) is 28.5. The van der Waals surface area contributed by atoms with Crippen molar-refractivity contribution in [3.8, 4) is 0 Å². The lowest BCUT2D eigenvalue weighted by Crippen LogP contribution is -2.52. The van der Waals surface area contributed by atoms with E-state index in [0.29, 0.717) is 50.7 Å². The Bertz CT molecular complexity index is 840. The molecule has 1 aromatic rings. The van der Waals surface area contributed by atoms with Gasteiger partial charge in [-0.2, -0.15) is 0 Å². The Morgan fingerprint density at radius 1 is 1.24 bits per heavy atom. The fourth-order valence-electron chi connectivity index (χ4n) is 3.56. The second kappa shape index (κ2) is 9.42. The van der Waals surface area contributed by atoms with E-state index in [2.05, 4.69) is 4.72 Å². The van der Waals surface area contributed by atoms with Crippen LogP contribution in [-0.4, -0.2) is 80.7 Å². The first-order valence-electron chi connectivity index (χ1n) is 9.68. The molecule has 10 heteroatoms. The molecule has 160 valence electrons. The number of rotatable bonds is 7. The Morgan fingerprint density at radius 2 is 1.90 bits per heavy atom. The van der Waals surface area contributed by atoms with E-state index in [1.807, 2.05) is 0 Å². The predicted molar refractivity (Wildman–Crippen MR) is 109 cm³/mol. The summed E-state index contributed by atoms with van der Waals surface area (Å²) in [6.45, 7) is 4.02. The molecule has 3 rings (SSSR count). The fourth-order valence-corrected chi connectivity index (χ4v) is 4.96. The van der Waals surface area contributed by atoms with Crippen molar-refractivity contribution < 1.29 is 22.7 Å². The van der Waals surface area contributed by atoms with Crippen molar-refractivity contribution >= 4 is 33.4 Å². The monoisotopic (exact) mass is 443 g/mol. The number of aryl methyl sites for hydroxylation is 1. The molecule has 29 heavy (non-hydrogen) atoms. The first kappa shape index (κ1) is 22.0. The highest BCUT2D eigenvalue weighted by Crippen LogP contribution is 2.18. The van der Waals surface area contributed by atoms with Gasteiger partial charge in [0.2, 0.25) is 21.8 Å². The van der Waals surface area contributed by atoms with Crippen LogP contribution in [-0.2, 0) is 30.8 Å². The van der Waals surface area contributed by atoms with Crippen LogP contribution >= 0.6 is 11.6 Å². The summed E-state index contributed by atoms with van der Waals surface area (Å²) in [7, 11) is -3.64. The number of ether oxygens (including phenoxy) is 1. The van der Waals surface area contributed by atoms with Gasteiger partial charge in [0, 0.05) is 24.7 Å². The van der Waals surface area contributed by atoms with Crippen LogP contribution in [0.1, 0.15) is 18.9 Å². The number of nitrogens with zero attached hydrogens (tertiary/aromatic N) is 2. The number of amides is 2. The Kier molecular flexibility index (Phi) is 7.15. The Labute approximate surface area is 176 Å². The summed E-state index contributed by atoms with van der Waals surface area (Å²) >= 11 is 5.84. The molecular formula is C19H26ClN3O5S. The van der Waals surface area contributed by atoms with Crippen LogP contribution in [0.2, 0.25) is 5.02 Å². The molecule has 8 nitrogen and oxygen atoms in total. The number of nitrogens with one attached hydrogen (secondary N) is 1. The van der Waals surface area contributed by atoms with Gasteiger partial charge < -0.3 is 14.5 Å². The number of sulfonamides is 1. The van der Waals surface area contributed by atoms with Crippen molar-refractivity contribution in [2.24, 2.45) is 0 Å². The Balaban J connectivity index is 1.54. The van der Waals surface area contributed by atoms with Crippen molar-refractivity contribution in [3.63, 3.8) is 0 Å². The number of likely N-dealkylation sites (tertiary alicyclic amines) is 1. The van der Waals surface area contributed by atoms with Gasteiger partial charge in [0.25, 0.3) is 0 Å². The van der Waals surface area contributed by atoms with E-state index in [0.717, 1.165) is 5.56 Å². The molecule has 0 saturated carbocycles. The summed E-state index contributed by atoms with van der Waals surface area (Å²) < 4.78 is 32.6. The molecule has 2 fully saturated rings. The van der Waals surface area contributed by atoms with Crippen molar-refractivity contribution in [2.75, 3.05) is 38.6 Å². The molecule has 2 aliphatic heterocycles. The molecule has 2 saturated heterocycles. The molecule has 2 atom stereocenters. The molecular weight excluding hydrogens is 418 g/mol. The predicted octanol–water partition coefficient (Wildman–Crippen LogP) is 0.650. The van der Waals surface area contributed by atoms with Gasteiger partial charge in [-0.1, -0.05) is 23.7 Å². The average molecular weight is 444 g/mol. The summed E-state index contributed by atoms with van der Waals surface area (Å²) in [6.07, 6.45) is 0.669. The zero-order valence-electron chi connectivity index (χ0n) is 16.3. The van der Waals surface area contributed by atoms with Crippen LogP contribution in [0.5, 0.6) is 0 Å². The van der Waals surface area contributed by atoms with Crippen LogP contribution in [0.4, 0.5) is 0 Å². The molecule has 0 bridgehead atoms. The minimum Gasteiger partial charge on any atom is -0.378 e. The van der Waals surface area contributed by atoms with E-state index in [-0.39, 0.29) is 17.6 Å². The molecule has 1 N–H and O–H groups in total. The SMILES string of the molecule is C[C@@H](C(=O)N1CCOCC1)N1CCC(NS(=O)(=O)CCc2ccc(Cl)cc2)C1=O. The van der Waals surface area contributed by atoms with Gasteiger partial charge in [-0.3, -0.25) is 9.59 Å². The molecule has 2 amide bonds. The lowest BCUT2D eigenvalue weighted by molar-refractivity contribution is -0.146. The lowest BCUT2D eigenvalue weighted by atomic mass is 10.2. The maximum absolute atomic E-state index is 12.7. The third kappa shape index (κ3) is 5.69. The number of hydrogen-bond donors (Lipinski definition) is 1. The van der Waals surface area contributed by atoms with E-state index in [1.54, 1.807) is 36.1 Å². The standard InChI is InChI=1S/C19H26ClN3O5S/c1-14(18(24)22-9-11-28-12-10-22)23-8-6-17(19(23)25)21-29(26,27)13-7-15-2-4-16(20)5-3-15/h2-5,14,17,21H,6-13H2,1H3/t14-,17?/m0/s1. The average Bonchev–Trinajstić information content (AvgIpc) is 3.06. The van der Waals surface area contributed by atoms with Crippen molar-refractivity contribution in [2.45, 2.75) is 31.8 Å². The van der Waals surface area contributed by atoms with Crippen LogP contribution in [0.25, 0.3) is 0 Å². The highest BCUT2D eigenvalue weighted by atomic mass is 35.5. The van der Waals surface area contributed by atoms with Crippen molar-refractivity contribution in [1.29, 1.82) is 0 Å². The quantitative estimate of drug-likeness (QED) is 0.667. The van der Waals surface area contributed by atoms with Crippen LogP contribution in [0.3, 0.4) is 0 Å². The zero-order chi connectivity index (χ0) is 21.0. The molecule has 2 aliphatic rings. The largest absolute Gasteiger partial charge is 0.378 e. The zero-order valence-corrected chi connectivity index (χ0v) is 17.9. The van der Waals surface area contributed by atoms with Gasteiger partial charge in [-0.15, -0.1) is 0 Å². The minimum atomic E-state index is -3.64. The Hall–Kier alpha value is -1.68. The van der Waals surface area contributed by atoms with Gasteiger partial charge >= 0.3 is 0 Å². The summed E-state index contributed by atoms with van der Waals surface area (Å²) in [5.41, 5.74) is 0.851. The van der Waals surface area contributed by atoms with E-state index in [4.69, 9.17) is 16.3 Å². The number of hydrogen-bond acceptors (Lipinski definition) is 5. The van der Waals surface area contributed by atoms with E-state index >= 15 is 0 Å². The second-order valence-corrected chi connectivity index (χ2v) is 9.61. The lowest BCUT2D eigenvalue weighted by Gasteiger charge is -2.32. The topological polar surface area (TPSA) is 96.0 Å². The summed E-state index contributed by atoms with van der Waals surface area (Å²) in [5, 5.41) is 0.590. The van der Waals surface area contributed by atoms with Crippen LogP contribution in [0, 0.1) is 0 Å². The van der Waals surface area contributed by atoms with Crippen molar-refractivity contribution in [3.05, 3.63) is 34.9 Å². The number of carbonyl (C=O) groups excluding carboxylic acids is 2. The smallest absolute Gasteiger partial charge is 0.245 e. The van der Waals surface area contributed by atoms with Gasteiger partial charge in [0.1, 0.15) is 12.1 Å². The van der Waals surface area contributed by atoms with Gasteiger partial charge in [0.05, 0.1) is 19.0 Å². The molecule has 0 radical (unpaired) electrons. The van der Waals surface area contributed by atoms with Crippen molar-refractivity contribution in [1.82, 2.24) is 14.5 Å². The second-order valence-electron chi connectivity index (χ2n) is 7.30. The maximum atomic E-state index is 12.7. The number of carbonyl (C=O) groups is 2. The number of benzene rings is 1. The van der Waals surface area contributed by atoms with E-state index < -0.39 is 22.1 Å². The third-order valence-corrected chi connectivity index (χ3v) is 6.92. The minimum absolute atomic E-state index is 0.124. The van der Waals surface area contributed by atoms with Gasteiger partial charge in [-0.25, -0.2) is 13.1 Å². The maximum Gasteiger partial charge on any atom is 0.245 e. The molecule has 0 aliphatic carbocycles. The highest BCUT2D eigenvalue weighted by Gasteiger charge is 2.39. The van der Waals surface area contributed by atoms with Crippen LogP contribution in [0.15, 0.2) is 24.3 Å². The van der Waals surface area contributed by atoms with Gasteiger partial charge in [-0.05, 0) is 37.5 Å². The molecule has 1 unspecified atom stereocenters.